The number of nitrogens with zero attached hydrogens (tertiary/aromatic N) is 5. The number of unbranched alkanes of at least 4 members (excludes halogenated alkanes) is 1. The molecule has 1 unspecified atom stereocenters. The molecular formula is C28H25FN8O2. The maximum atomic E-state index is 14.0. The van der Waals surface area contributed by atoms with Crippen molar-refractivity contribution in [1.82, 2.24) is 35.1 Å². The van der Waals surface area contributed by atoms with Crippen LogP contribution in [0.5, 0.6) is 5.75 Å². The zero-order valence-electron chi connectivity index (χ0n) is 21.0. The molecule has 0 saturated heterocycles. The zero-order valence-corrected chi connectivity index (χ0v) is 21.0. The number of hydrogen-bond acceptors (Lipinski definition) is 8. The van der Waals surface area contributed by atoms with Gasteiger partial charge < -0.3 is 20.5 Å². The minimum Gasteiger partial charge on any atom is -0.508 e. The second kappa shape index (κ2) is 10.1. The normalized spacial score (nSPS) is 12.3. The standard InChI is InChI=1S/C28H25FN8O2/c1-2-3-4-25(39)33-18-6-16(10-30-11-18)22-9-20-23(14-32-22)36-37-27(20)28-34-24-13-31-12-21(26(24)35-28)15-5-17(29)8-19(38)7-15/h5-14,25,33,38-39H,2-4H2,1H3,(H,34,35)(H,36,37). The summed E-state index contributed by atoms with van der Waals surface area (Å²) in [5.74, 6) is -0.239. The third kappa shape index (κ3) is 4.87. The number of nitrogens with one attached hydrogen (secondary N) is 3. The number of hydrogen-bond donors (Lipinski definition) is 5. The summed E-state index contributed by atoms with van der Waals surface area (Å²) >= 11 is 0. The SMILES string of the molecule is CCCCC(O)Nc1cncc(-c2cc3c(-c4nc5c(-c6cc(O)cc(F)c6)cncc5[nH]4)n[nH]c3cn2)c1. The topological polar surface area (TPSA) is 149 Å². The van der Waals surface area contributed by atoms with Crippen molar-refractivity contribution in [2.24, 2.45) is 0 Å². The summed E-state index contributed by atoms with van der Waals surface area (Å²) < 4.78 is 14.0. The van der Waals surface area contributed by atoms with E-state index in [1.54, 1.807) is 31.0 Å². The first-order valence-corrected chi connectivity index (χ1v) is 12.6. The van der Waals surface area contributed by atoms with Gasteiger partial charge in [-0.3, -0.25) is 20.1 Å². The Morgan fingerprint density at radius 1 is 0.974 bits per heavy atom. The number of aliphatic hydroxyl groups excluding tert-OH is 1. The number of aromatic hydroxyl groups is 1. The van der Waals surface area contributed by atoms with Crippen molar-refractivity contribution in [3.05, 3.63) is 67.1 Å². The summed E-state index contributed by atoms with van der Waals surface area (Å²) in [7, 11) is 0. The molecule has 1 aromatic carbocycles. The lowest BCUT2D eigenvalue weighted by atomic mass is 10.1. The summed E-state index contributed by atoms with van der Waals surface area (Å²) in [6.07, 6.45) is 10.2. The molecule has 39 heavy (non-hydrogen) atoms. The summed E-state index contributed by atoms with van der Waals surface area (Å²) in [6.45, 7) is 2.08. The fourth-order valence-corrected chi connectivity index (χ4v) is 4.56. The van der Waals surface area contributed by atoms with Gasteiger partial charge >= 0.3 is 0 Å². The second-order valence-corrected chi connectivity index (χ2v) is 9.32. The number of aliphatic hydroxyl groups is 1. The molecule has 0 aliphatic heterocycles. The fourth-order valence-electron chi connectivity index (χ4n) is 4.56. The first kappa shape index (κ1) is 24.4. The number of phenolic OH excluding ortho intramolecular Hbond substituents is 1. The van der Waals surface area contributed by atoms with E-state index in [0.29, 0.717) is 51.5 Å². The third-order valence-corrected chi connectivity index (χ3v) is 6.46. The van der Waals surface area contributed by atoms with Gasteiger partial charge in [-0.05, 0) is 42.7 Å². The lowest BCUT2D eigenvalue weighted by Crippen LogP contribution is -2.18. The van der Waals surface area contributed by atoms with Crippen molar-refractivity contribution in [1.29, 1.82) is 0 Å². The van der Waals surface area contributed by atoms with Crippen LogP contribution in [0, 0.1) is 5.82 Å². The smallest absolute Gasteiger partial charge is 0.159 e. The lowest BCUT2D eigenvalue weighted by Gasteiger charge is -2.14. The highest BCUT2D eigenvalue weighted by molar-refractivity contribution is 5.97. The number of imidazole rings is 1. The van der Waals surface area contributed by atoms with Gasteiger partial charge in [-0.25, -0.2) is 9.37 Å². The second-order valence-electron chi connectivity index (χ2n) is 9.32. The number of fused-ring (bicyclic) bond motifs is 2. The molecule has 0 fully saturated rings. The first-order valence-electron chi connectivity index (χ1n) is 12.6. The van der Waals surface area contributed by atoms with Crippen LogP contribution in [-0.2, 0) is 0 Å². The Bertz CT molecular complexity index is 1780. The average Bonchev–Trinajstić information content (AvgIpc) is 3.55. The monoisotopic (exact) mass is 524 g/mol. The van der Waals surface area contributed by atoms with Crippen LogP contribution in [0.1, 0.15) is 26.2 Å². The van der Waals surface area contributed by atoms with Crippen LogP contribution in [0.2, 0.25) is 0 Å². The maximum Gasteiger partial charge on any atom is 0.159 e. The molecule has 5 aromatic heterocycles. The number of benzene rings is 1. The van der Waals surface area contributed by atoms with Gasteiger partial charge in [0, 0.05) is 35.0 Å². The number of aromatic nitrogens is 7. The number of H-pyrrole nitrogens is 2. The molecule has 6 aromatic rings. The predicted molar refractivity (Wildman–Crippen MR) is 146 cm³/mol. The first-order chi connectivity index (χ1) is 19.0. The molecule has 5 N–H and O–H groups in total. The van der Waals surface area contributed by atoms with E-state index in [9.17, 15) is 14.6 Å². The Labute approximate surface area is 222 Å². The molecule has 1 atom stereocenters. The highest BCUT2D eigenvalue weighted by Gasteiger charge is 2.17. The highest BCUT2D eigenvalue weighted by atomic mass is 19.1. The Morgan fingerprint density at radius 3 is 2.69 bits per heavy atom. The third-order valence-electron chi connectivity index (χ3n) is 6.46. The fraction of sp³-hybridized carbons (Fsp3) is 0.179. The summed E-state index contributed by atoms with van der Waals surface area (Å²) in [5, 5.41) is 31.5. The molecule has 0 saturated carbocycles. The van der Waals surface area contributed by atoms with Gasteiger partial charge in [-0.1, -0.05) is 13.3 Å². The van der Waals surface area contributed by atoms with Crippen molar-refractivity contribution >= 4 is 27.6 Å². The number of rotatable bonds is 8. The van der Waals surface area contributed by atoms with Crippen LogP contribution in [0.15, 0.2) is 61.3 Å². The van der Waals surface area contributed by atoms with Crippen molar-refractivity contribution in [2.75, 3.05) is 5.32 Å². The molecule has 0 bridgehead atoms. The summed E-state index contributed by atoms with van der Waals surface area (Å²) in [5.41, 5.74) is 5.70. The predicted octanol–water partition coefficient (Wildman–Crippen LogP) is 5.39. The van der Waals surface area contributed by atoms with E-state index in [1.165, 1.54) is 12.1 Å². The molecular weight excluding hydrogens is 499 g/mol. The van der Waals surface area contributed by atoms with Gasteiger partial charge in [0.15, 0.2) is 5.82 Å². The number of anilines is 1. The molecule has 0 aliphatic rings. The molecule has 0 radical (unpaired) electrons. The number of aromatic amines is 2. The molecule has 5 heterocycles. The minimum absolute atomic E-state index is 0.180. The van der Waals surface area contributed by atoms with Crippen molar-refractivity contribution in [3.8, 4) is 39.7 Å². The maximum absolute atomic E-state index is 14.0. The lowest BCUT2D eigenvalue weighted by molar-refractivity contribution is 0.190. The van der Waals surface area contributed by atoms with E-state index in [4.69, 9.17) is 4.98 Å². The minimum atomic E-state index is -0.651. The van der Waals surface area contributed by atoms with Gasteiger partial charge in [-0.15, -0.1) is 0 Å². The van der Waals surface area contributed by atoms with Crippen LogP contribution in [0.3, 0.4) is 0 Å². The zero-order chi connectivity index (χ0) is 26.9. The van der Waals surface area contributed by atoms with E-state index in [0.717, 1.165) is 35.4 Å². The van der Waals surface area contributed by atoms with Gasteiger partial charge in [0.25, 0.3) is 0 Å². The van der Waals surface area contributed by atoms with Gasteiger partial charge in [0.1, 0.15) is 23.5 Å². The molecule has 11 heteroatoms. The van der Waals surface area contributed by atoms with Crippen LogP contribution >= 0.6 is 0 Å². The summed E-state index contributed by atoms with van der Waals surface area (Å²) in [4.78, 5) is 21.2. The van der Waals surface area contributed by atoms with Crippen LogP contribution in [0.4, 0.5) is 10.1 Å². The number of pyridine rings is 3. The molecule has 0 aliphatic carbocycles. The molecule has 0 amide bonds. The van der Waals surface area contributed by atoms with Crippen LogP contribution in [0.25, 0.3) is 55.8 Å². The van der Waals surface area contributed by atoms with Gasteiger partial charge in [0.05, 0.1) is 46.5 Å². The molecule has 196 valence electrons. The Balaban J connectivity index is 1.37. The van der Waals surface area contributed by atoms with Crippen molar-refractivity contribution < 1.29 is 14.6 Å². The van der Waals surface area contributed by atoms with E-state index in [2.05, 4.69) is 42.4 Å². The number of phenols is 1. The van der Waals surface area contributed by atoms with E-state index in [-0.39, 0.29) is 5.75 Å². The Hall–Kier alpha value is -4.90. The van der Waals surface area contributed by atoms with E-state index < -0.39 is 12.0 Å². The molecule has 10 nitrogen and oxygen atoms in total. The van der Waals surface area contributed by atoms with Crippen molar-refractivity contribution in [3.63, 3.8) is 0 Å². The quantitative estimate of drug-likeness (QED) is 0.166. The van der Waals surface area contributed by atoms with Gasteiger partial charge in [-0.2, -0.15) is 5.10 Å². The Kier molecular flexibility index (Phi) is 6.33. The van der Waals surface area contributed by atoms with Crippen LogP contribution < -0.4 is 5.32 Å². The highest BCUT2D eigenvalue weighted by Crippen LogP contribution is 2.33. The van der Waals surface area contributed by atoms with Crippen LogP contribution in [-0.4, -0.2) is 51.6 Å². The summed E-state index contributed by atoms with van der Waals surface area (Å²) in [6, 6.07) is 7.63. The molecule has 0 spiro atoms. The van der Waals surface area contributed by atoms with E-state index >= 15 is 0 Å². The average molecular weight is 525 g/mol. The van der Waals surface area contributed by atoms with E-state index in [1.807, 2.05) is 12.1 Å². The van der Waals surface area contributed by atoms with Crippen molar-refractivity contribution in [2.45, 2.75) is 32.4 Å². The van der Waals surface area contributed by atoms with Gasteiger partial charge in [0.2, 0.25) is 0 Å². The number of halogens is 1. The molecule has 6 rings (SSSR count). The Morgan fingerprint density at radius 2 is 1.85 bits per heavy atom. The largest absolute Gasteiger partial charge is 0.508 e.